The molecule has 312 valence electrons. The van der Waals surface area contributed by atoms with Gasteiger partial charge in [0.2, 0.25) is 0 Å². The van der Waals surface area contributed by atoms with Crippen molar-refractivity contribution in [3.63, 3.8) is 0 Å². The van der Waals surface area contributed by atoms with Crippen molar-refractivity contribution in [2.75, 3.05) is 52.5 Å². The summed E-state index contributed by atoms with van der Waals surface area (Å²) in [6.07, 6.45) is 9.18. The molecule has 6 aromatic carbocycles. The van der Waals surface area contributed by atoms with Crippen molar-refractivity contribution in [2.24, 2.45) is 10.8 Å². The Morgan fingerprint density at radius 1 is 0.623 bits per heavy atom. The van der Waals surface area contributed by atoms with E-state index in [1.165, 1.54) is 51.7 Å². The van der Waals surface area contributed by atoms with Crippen molar-refractivity contribution in [3.8, 4) is 45.3 Å². The SMILES string of the molecule is COc1ccc(-c2cc3c4c(c5c(c3cc2OC)OC(c2ccc(OC)cc2)(c2ccc(N3CCOCC3)cc2)C=C5)C2(CC(C)(C)CCC(C)(C)C2)c2ccccc2-4)cc1. The van der Waals surface area contributed by atoms with Crippen LogP contribution in [-0.4, -0.2) is 47.6 Å². The molecule has 2 fully saturated rings. The van der Waals surface area contributed by atoms with Crippen LogP contribution in [0.1, 0.15) is 81.2 Å². The Bertz CT molecular complexity index is 2630. The molecule has 0 radical (unpaired) electrons. The van der Waals surface area contributed by atoms with Gasteiger partial charge in [-0.15, -0.1) is 0 Å². The van der Waals surface area contributed by atoms with Gasteiger partial charge in [-0.05, 0) is 124 Å². The normalized spacial score (nSPS) is 20.6. The summed E-state index contributed by atoms with van der Waals surface area (Å²) in [6, 6.07) is 39.5. The maximum atomic E-state index is 7.90. The van der Waals surface area contributed by atoms with E-state index < -0.39 is 5.60 Å². The van der Waals surface area contributed by atoms with Crippen LogP contribution in [0.5, 0.6) is 23.0 Å². The van der Waals surface area contributed by atoms with Gasteiger partial charge in [-0.1, -0.05) is 94.4 Å². The van der Waals surface area contributed by atoms with Crippen molar-refractivity contribution < 1.29 is 23.7 Å². The Kier molecular flexibility index (Phi) is 9.52. The highest BCUT2D eigenvalue weighted by atomic mass is 16.5. The minimum atomic E-state index is -0.938. The summed E-state index contributed by atoms with van der Waals surface area (Å²) < 4.78 is 31.1. The number of anilines is 1. The molecule has 61 heavy (non-hydrogen) atoms. The van der Waals surface area contributed by atoms with E-state index in [0.29, 0.717) is 0 Å². The van der Waals surface area contributed by atoms with Gasteiger partial charge in [-0.2, -0.15) is 0 Å². The highest BCUT2D eigenvalue weighted by Crippen LogP contribution is 2.66. The molecule has 0 aromatic heterocycles. The average molecular weight is 812 g/mol. The van der Waals surface area contributed by atoms with Crippen molar-refractivity contribution in [3.05, 3.63) is 143 Å². The van der Waals surface area contributed by atoms with Crippen LogP contribution in [0.4, 0.5) is 5.69 Å². The fraction of sp³-hybridized carbons (Fsp3) is 0.345. The van der Waals surface area contributed by atoms with Crippen LogP contribution in [0.25, 0.3) is 39.1 Å². The highest BCUT2D eigenvalue weighted by molar-refractivity contribution is 6.10. The second-order valence-corrected chi connectivity index (χ2v) is 19.2. The standard InChI is InChI=1S/C55H57NO5/c1-52(2)26-27-53(3,4)35-54(34-52)47-11-9-8-10-42(47)49-45-32-44(36-12-20-40(57-5)21-13-36)48(59-7)33-46(45)51-43(50(49)54)24-25-55(61-51,38-16-22-41(58-6)23-17-38)37-14-18-39(19-15-37)56-28-30-60-31-29-56/h8-25,32-33H,26-31,34-35H2,1-7H3. The number of hydrogen-bond donors (Lipinski definition) is 0. The summed E-state index contributed by atoms with van der Waals surface area (Å²) >= 11 is 0. The van der Waals surface area contributed by atoms with E-state index in [2.05, 4.69) is 130 Å². The van der Waals surface area contributed by atoms with E-state index in [0.717, 1.165) is 89.8 Å². The molecule has 6 nitrogen and oxygen atoms in total. The number of benzene rings is 6. The van der Waals surface area contributed by atoms with Gasteiger partial charge in [0, 0.05) is 51.8 Å². The molecule has 2 heterocycles. The number of morpholine rings is 1. The molecule has 0 N–H and O–H groups in total. The lowest BCUT2D eigenvalue weighted by Crippen LogP contribution is -2.37. The van der Waals surface area contributed by atoms with Gasteiger partial charge in [0.25, 0.3) is 0 Å². The number of ether oxygens (including phenoxy) is 5. The second kappa shape index (κ2) is 14.7. The van der Waals surface area contributed by atoms with Crippen LogP contribution in [0.15, 0.2) is 115 Å². The van der Waals surface area contributed by atoms with E-state index in [9.17, 15) is 0 Å². The second-order valence-electron chi connectivity index (χ2n) is 19.2. The van der Waals surface area contributed by atoms with Crippen molar-refractivity contribution in [1.29, 1.82) is 0 Å². The Hall–Kier alpha value is -5.72. The zero-order valence-electron chi connectivity index (χ0n) is 36.7. The Morgan fingerprint density at radius 2 is 1.23 bits per heavy atom. The minimum absolute atomic E-state index is 0.118. The van der Waals surface area contributed by atoms with E-state index >= 15 is 0 Å². The Labute approximate surface area is 361 Å². The zero-order valence-corrected chi connectivity index (χ0v) is 36.7. The quantitative estimate of drug-likeness (QED) is 0.160. The minimum Gasteiger partial charge on any atom is -0.497 e. The smallest absolute Gasteiger partial charge is 0.178 e. The molecule has 2 aliphatic heterocycles. The third kappa shape index (κ3) is 6.48. The van der Waals surface area contributed by atoms with Crippen molar-refractivity contribution in [1.82, 2.24) is 0 Å². The molecule has 2 aliphatic carbocycles. The molecule has 6 heteroatoms. The Balaban J connectivity index is 1.28. The summed E-state index contributed by atoms with van der Waals surface area (Å²) in [7, 11) is 5.19. The van der Waals surface area contributed by atoms with Gasteiger partial charge >= 0.3 is 0 Å². The van der Waals surface area contributed by atoms with E-state index in [1.807, 2.05) is 24.3 Å². The largest absolute Gasteiger partial charge is 0.497 e. The molecule has 1 unspecified atom stereocenters. The van der Waals surface area contributed by atoms with Crippen molar-refractivity contribution in [2.45, 2.75) is 64.4 Å². The van der Waals surface area contributed by atoms with Crippen LogP contribution in [0, 0.1) is 10.8 Å². The van der Waals surface area contributed by atoms with Crippen LogP contribution >= 0.6 is 0 Å². The third-order valence-electron chi connectivity index (χ3n) is 14.2. The molecule has 0 bridgehead atoms. The summed E-state index contributed by atoms with van der Waals surface area (Å²) in [5.41, 5.74) is 11.1. The molecule has 1 saturated heterocycles. The Morgan fingerprint density at radius 3 is 1.85 bits per heavy atom. The first kappa shape index (κ1) is 39.4. The molecule has 10 rings (SSSR count). The van der Waals surface area contributed by atoms with E-state index in [1.54, 1.807) is 21.3 Å². The highest BCUT2D eigenvalue weighted by Gasteiger charge is 2.53. The summed E-state index contributed by atoms with van der Waals surface area (Å²) in [5.74, 6) is 3.30. The van der Waals surface area contributed by atoms with Gasteiger partial charge < -0.3 is 28.6 Å². The lowest BCUT2D eigenvalue weighted by Gasteiger charge is -2.43. The molecule has 1 atom stereocenters. The predicted octanol–water partition coefficient (Wildman–Crippen LogP) is 12.6. The molecule has 0 amide bonds. The van der Waals surface area contributed by atoms with Gasteiger partial charge in [-0.3, -0.25) is 0 Å². The topological polar surface area (TPSA) is 49.4 Å². The number of fused-ring (bicyclic) bond motifs is 10. The molecule has 6 aromatic rings. The van der Waals surface area contributed by atoms with E-state index in [4.69, 9.17) is 23.7 Å². The van der Waals surface area contributed by atoms with Gasteiger partial charge in [0.05, 0.1) is 34.5 Å². The van der Waals surface area contributed by atoms with E-state index in [-0.39, 0.29) is 16.2 Å². The number of nitrogens with zero attached hydrogens (tertiary/aromatic N) is 1. The number of hydrogen-bond acceptors (Lipinski definition) is 6. The van der Waals surface area contributed by atoms with Gasteiger partial charge in [-0.25, -0.2) is 0 Å². The molecular formula is C55H57NO5. The summed E-state index contributed by atoms with van der Waals surface area (Å²) in [4.78, 5) is 2.40. The number of rotatable bonds is 7. The summed E-state index contributed by atoms with van der Waals surface area (Å²) in [6.45, 7) is 13.2. The monoisotopic (exact) mass is 811 g/mol. The average Bonchev–Trinajstić information content (AvgIpc) is 3.50. The first-order valence-corrected chi connectivity index (χ1v) is 21.9. The van der Waals surface area contributed by atoms with Gasteiger partial charge in [0.15, 0.2) is 5.60 Å². The molecular weight excluding hydrogens is 755 g/mol. The van der Waals surface area contributed by atoms with Gasteiger partial charge in [0.1, 0.15) is 23.0 Å². The van der Waals surface area contributed by atoms with Crippen molar-refractivity contribution >= 4 is 22.5 Å². The lowest BCUT2D eigenvalue weighted by atomic mass is 9.62. The maximum Gasteiger partial charge on any atom is 0.178 e. The van der Waals surface area contributed by atoms with Crippen LogP contribution in [-0.2, 0) is 15.8 Å². The molecule has 1 saturated carbocycles. The fourth-order valence-corrected chi connectivity index (χ4v) is 11.3. The maximum absolute atomic E-state index is 7.90. The predicted molar refractivity (Wildman–Crippen MR) is 248 cm³/mol. The van der Waals surface area contributed by atoms with Crippen LogP contribution < -0.4 is 23.8 Å². The molecule has 4 aliphatic rings. The summed E-state index contributed by atoms with van der Waals surface area (Å²) in [5, 5.41) is 2.21. The lowest BCUT2D eigenvalue weighted by molar-refractivity contribution is 0.122. The first-order chi connectivity index (χ1) is 29.5. The third-order valence-corrected chi connectivity index (χ3v) is 14.2. The van der Waals surface area contributed by atoms with Crippen LogP contribution in [0.2, 0.25) is 0 Å². The van der Waals surface area contributed by atoms with Crippen LogP contribution in [0.3, 0.4) is 0 Å². The number of methoxy groups -OCH3 is 3. The molecule has 1 spiro atoms. The fourth-order valence-electron chi connectivity index (χ4n) is 11.3. The zero-order chi connectivity index (χ0) is 42.1. The first-order valence-electron chi connectivity index (χ1n) is 21.9.